The molecule has 1 aliphatic heterocycles. The van der Waals surface area contributed by atoms with Crippen LogP contribution in [0, 0.1) is 0 Å². The summed E-state index contributed by atoms with van der Waals surface area (Å²) in [5.41, 5.74) is 1.22. The van der Waals surface area contributed by atoms with E-state index in [9.17, 15) is 0 Å². The van der Waals surface area contributed by atoms with E-state index in [2.05, 4.69) is 31.3 Å². The zero-order valence-corrected chi connectivity index (χ0v) is 12.0. The predicted octanol–water partition coefficient (Wildman–Crippen LogP) is 3.31. The van der Waals surface area contributed by atoms with Gasteiger partial charge in [0.05, 0.1) is 6.04 Å². The van der Waals surface area contributed by atoms with Gasteiger partial charge in [0.2, 0.25) is 0 Å². The average Bonchev–Trinajstić information content (AvgIpc) is 2.45. The molecule has 3 heteroatoms. The Labute approximate surface area is 116 Å². The van der Waals surface area contributed by atoms with Crippen LogP contribution in [0.15, 0.2) is 24.3 Å². The molecule has 106 valence electrons. The monoisotopic (exact) mass is 263 g/mol. The molecule has 1 aromatic rings. The number of fused-ring (bicyclic) bond motifs is 1. The Morgan fingerprint density at radius 3 is 2.89 bits per heavy atom. The van der Waals surface area contributed by atoms with Crippen molar-refractivity contribution in [1.82, 2.24) is 5.32 Å². The van der Waals surface area contributed by atoms with Crippen LogP contribution in [0.3, 0.4) is 0 Å². The molecule has 0 saturated heterocycles. The zero-order valence-electron chi connectivity index (χ0n) is 12.0. The number of benzene rings is 1. The maximum Gasteiger partial charge on any atom is 0.124 e. The second-order valence-electron chi connectivity index (χ2n) is 5.00. The highest BCUT2D eigenvalue weighted by molar-refractivity contribution is 5.38. The van der Waals surface area contributed by atoms with Gasteiger partial charge in [-0.15, -0.1) is 0 Å². The lowest BCUT2D eigenvalue weighted by Gasteiger charge is -2.34. The molecule has 3 nitrogen and oxygen atoms in total. The minimum atomic E-state index is 0.117. The third-order valence-corrected chi connectivity index (χ3v) is 3.53. The summed E-state index contributed by atoms with van der Waals surface area (Å²) in [6.45, 7) is 6.74. The highest BCUT2D eigenvalue weighted by Gasteiger charge is 2.30. The van der Waals surface area contributed by atoms with Gasteiger partial charge in [0.1, 0.15) is 18.5 Å². The third kappa shape index (κ3) is 3.71. The van der Waals surface area contributed by atoms with Gasteiger partial charge in [-0.3, -0.25) is 0 Å². The highest BCUT2D eigenvalue weighted by atomic mass is 16.5. The molecule has 1 N–H and O–H groups in total. The van der Waals surface area contributed by atoms with Crippen molar-refractivity contribution in [3.8, 4) is 5.75 Å². The predicted molar refractivity (Wildman–Crippen MR) is 77.6 cm³/mol. The van der Waals surface area contributed by atoms with Gasteiger partial charge in [-0.05, 0) is 19.0 Å². The summed E-state index contributed by atoms with van der Waals surface area (Å²) in [6.07, 6.45) is 3.71. The molecular formula is C16H25NO2. The van der Waals surface area contributed by atoms with Crippen molar-refractivity contribution in [1.29, 1.82) is 0 Å². The number of para-hydroxylation sites is 1. The summed E-state index contributed by atoms with van der Waals surface area (Å²) in [6, 6.07) is 8.49. The summed E-state index contributed by atoms with van der Waals surface area (Å²) in [7, 11) is 0. The quantitative estimate of drug-likeness (QED) is 0.766. The van der Waals surface area contributed by atoms with Gasteiger partial charge < -0.3 is 14.8 Å². The molecule has 0 amide bonds. The van der Waals surface area contributed by atoms with Crippen molar-refractivity contribution in [2.45, 2.75) is 45.3 Å². The molecule has 1 aliphatic rings. The molecule has 0 saturated carbocycles. The molecular weight excluding hydrogens is 238 g/mol. The van der Waals surface area contributed by atoms with Crippen LogP contribution in [-0.4, -0.2) is 25.9 Å². The number of hydrogen-bond acceptors (Lipinski definition) is 3. The fourth-order valence-electron chi connectivity index (χ4n) is 2.53. The first-order valence-corrected chi connectivity index (χ1v) is 7.43. The molecule has 1 aromatic carbocycles. The third-order valence-electron chi connectivity index (χ3n) is 3.53. The second kappa shape index (κ2) is 7.51. The minimum Gasteiger partial charge on any atom is -0.490 e. The molecule has 0 spiro atoms. The van der Waals surface area contributed by atoms with Gasteiger partial charge in [-0.2, -0.15) is 0 Å². The van der Waals surface area contributed by atoms with Crippen LogP contribution >= 0.6 is 0 Å². The van der Waals surface area contributed by atoms with Gasteiger partial charge in [0.15, 0.2) is 0 Å². The van der Waals surface area contributed by atoms with E-state index in [1.54, 1.807) is 0 Å². The molecule has 2 rings (SSSR count). The Kier molecular flexibility index (Phi) is 5.67. The first kappa shape index (κ1) is 14.4. The topological polar surface area (TPSA) is 30.5 Å². The summed E-state index contributed by atoms with van der Waals surface area (Å²) >= 11 is 0. The Balaban J connectivity index is 2.00. The van der Waals surface area contributed by atoms with Crippen LogP contribution in [0.1, 0.15) is 44.7 Å². The lowest BCUT2D eigenvalue weighted by Crippen LogP contribution is -2.41. The summed E-state index contributed by atoms with van der Waals surface area (Å²) in [5.74, 6) is 0.988. The molecule has 0 fully saturated rings. The van der Waals surface area contributed by atoms with Crippen LogP contribution in [0.25, 0.3) is 0 Å². The highest BCUT2D eigenvalue weighted by Crippen LogP contribution is 2.33. The van der Waals surface area contributed by atoms with Gasteiger partial charge >= 0.3 is 0 Å². The van der Waals surface area contributed by atoms with Crippen LogP contribution in [0.4, 0.5) is 0 Å². The summed E-state index contributed by atoms with van der Waals surface area (Å²) < 4.78 is 11.8. The van der Waals surface area contributed by atoms with Gasteiger partial charge in [-0.1, -0.05) is 44.9 Å². The number of likely N-dealkylation sites (N-methyl/N-ethyl adjacent to an activating group) is 1. The summed E-state index contributed by atoms with van der Waals surface area (Å²) in [5, 5.41) is 3.53. The maximum absolute atomic E-state index is 6.02. The van der Waals surface area contributed by atoms with Crippen molar-refractivity contribution in [2.24, 2.45) is 0 Å². The van der Waals surface area contributed by atoms with E-state index >= 15 is 0 Å². The van der Waals surface area contributed by atoms with Crippen molar-refractivity contribution < 1.29 is 9.47 Å². The SMILES string of the molecule is CCCCCOC1COc2ccccc2C1NCC. The number of rotatable bonds is 7. The van der Waals surface area contributed by atoms with E-state index in [4.69, 9.17) is 9.47 Å². The maximum atomic E-state index is 6.02. The van der Waals surface area contributed by atoms with Gasteiger partial charge in [-0.25, -0.2) is 0 Å². The van der Waals surface area contributed by atoms with Gasteiger partial charge in [0, 0.05) is 12.2 Å². The molecule has 1 heterocycles. The number of unbranched alkanes of at least 4 members (excludes halogenated alkanes) is 2. The van der Waals surface area contributed by atoms with Crippen molar-refractivity contribution >= 4 is 0 Å². The smallest absolute Gasteiger partial charge is 0.124 e. The van der Waals surface area contributed by atoms with Crippen LogP contribution in [0.2, 0.25) is 0 Å². The molecule has 0 bridgehead atoms. The molecule has 2 atom stereocenters. The fourth-order valence-corrected chi connectivity index (χ4v) is 2.53. The number of hydrogen-bond donors (Lipinski definition) is 1. The lowest BCUT2D eigenvalue weighted by atomic mass is 9.98. The Hall–Kier alpha value is -1.06. The van der Waals surface area contributed by atoms with Crippen LogP contribution in [0.5, 0.6) is 5.75 Å². The standard InChI is InChI=1S/C16H25NO2/c1-3-5-8-11-18-15-12-19-14-10-7-6-9-13(14)16(15)17-4-2/h6-7,9-10,15-17H,3-5,8,11-12H2,1-2H3. The first-order valence-electron chi connectivity index (χ1n) is 7.43. The van der Waals surface area contributed by atoms with Crippen molar-refractivity contribution in [3.05, 3.63) is 29.8 Å². The van der Waals surface area contributed by atoms with Crippen molar-refractivity contribution in [3.63, 3.8) is 0 Å². The number of ether oxygens (including phenoxy) is 2. The average molecular weight is 263 g/mol. The molecule has 0 radical (unpaired) electrons. The molecule has 0 aliphatic carbocycles. The Morgan fingerprint density at radius 2 is 2.11 bits per heavy atom. The molecule has 2 unspecified atom stereocenters. The fraction of sp³-hybridized carbons (Fsp3) is 0.625. The van der Waals surface area contributed by atoms with E-state index < -0.39 is 0 Å². The number of nitrogens with one attached hydrogen (secondary N) is 1. The van der Waals surface area contributed by atoms with E-state index in [1.165, 1.54) is 18.4 Å². The molecule has 0 aromatic heterocycles. The van der Waals surface area contributed by atoms with E-state index in [0.717, 1.165) is 25.3 Å². The van der Waals surface area contributed by atoms with Crippen LogP contribution in [-0.2, 0) is 4.74 Å². The van der Waals surface area contributed by atoms with Gasteiger partial charge in [0.25, 0.3) is 0 Å². The Morgan fingerprint density at radius 1 is 1.26 bits per heavy atom. The Bertz CT molecular complexity index is 381. The van der Waals surface area contributed by atoms with Crippen molar-refractivity contribution in [2.75, 3.05) is 19.8 Å². The first-order chi connectivity index (χ1) is 9.36. The minimum absolute atomic E-state index is 0.117. The van der Waals surface area contributed by atoms with E-state index in [0.29, 0.717) is 6.61 Å². The second-order valence-corrected chi connectivity index (χ2v) is 5.00. The van der Waals surface area contributed by atoms with E-state index in [-0.39, 0.29) is 12.1 Å². The summed E-state index contributed by atoms with van der Waals surface area (Å²) in [4.78, 5) is 0. The zero-order chi connectivity index (χ0) is 13.5. The lowest BCUT2D eigenvalue weighted by molar-refractivity contribution is -0.0164. The van der Waals surface area contributed by atoms with E-state index in [1.807, 2.05) is 12.1 Å². The molecule has 19 heavy (non-hydrogen) atoms. The van der Waals surface area contributed by atoms with Crippen LogP contribution < -0.4 is 10.1 Å². The normalized spacial score (nSPS) is 21.8. The largest absolute Gasteiger partial charge is 0.490 e.